The van der Waals surface area contributed by atoms with Gasteiger partial charge in [0.05, 0.1) is 23.0 Å². The summed E-state index contributed by atoms with van der Waals surface area (Å²) in [7, 11) is 1.80. The van der Waals surface area contributed by atoms with Crippen molar-refractivity contribution in [2.45, 2.75) is 12.0 Å². The highest BCUT2D eigenvalue weighted by atomic mass is 19.1. The number of hydrogen-bond donors (Lipinski definition) is 3. The van der Waals surface area contributed by atoms with E-state index in [9.17, 15) is 9.18 Å². The topological polar surface area (TPSA) is 115 Å². The normalized spacial score (nSPS) is 18.2. The van der Waals surface area contributed by atoms with Gasteiger partial charge in [0.2, 0.25) is 0 Å². The lowest BCUT2D eigenvalue weighted by Gasteiger charge is -2.33. The molecule has 28 heavy (non-hydrogen) atoms. The Bertz CT molecular complexity index is 1260. The van der Waals surface area contributed by atoms with E-state index >= 15 is 0 Å². The van der Waals surface area contributed by atoms with Crippen LogP contribution in [0.3, 0.4) is 0 Å². The lowest BCUT2D eigenvalue weighted by atomic mass is 9.83. The number of benzene rings is 2. The Morgan fingerprint density at radius 3 is 2.71 bits per heavy atom. The number of H-pyrrole nitrogens is 1. The van der Waals surface area contributed by atoms with Gasteiger partial charge in [0.1, 0.15) is 18.0 Å². The summed E-state index contributed by atoms with van der Waals surface area (Å²) in [5.74, 6) is -0.176. The zero-order valence-corrected chi connectivity index (χ0v) is 14.8. The van der Waals surface area contributed by atoms with Crippen molar-refractivity contribution in [1.29, 1.82) is 0 Å². The summed E-state index contributed by atoms with van der Waals surface area (Å²) in [6, 6.07) is 9.72. The first-order valence-corrected chi connectivity index (χ1v) is 8.70. The van der Waals surface area contributed by atoms with E-state index in [1.54, 1.807) is 11.7 Å². The van der Waals surface area contributed by atoms with Crippen LogP contribution in [0.1, 0.15) is 29.0 Å². The Hall–Kier alpha value is -3.75. The van der Waals surface area contributed by atoms with Crippen molar-refractivity contribution in [2.75, 3.05) is 11.1 Å². The maximum atomic E-state index is 14.2. The number of hydrogen-bond acceptors (Lipinski definition) is 6. The molecule has 2 aromatic carbocycles. The zero-order chi connectivity index (χ0) is 19.4. The van der Waals surface area contributed by atoms with Gasteiger partial charge in [0, 0.05) is 23.8 Å². The number of nitrogens with two attached hydrogens (primary N) is 1. The van der Waals surface area contributed by atoms with Crippen molar-refractivity contribution >= 4 is 22.1 Å². The summed E-state index contributed by atoms with van der Waals surface area (Å²) >= 11 is 0. The molecule has 0 radical (unpaired) electrons. The molecular weight excluding hydrogens is 361 g/mol. The molecular formula is C19H16FN7O. The molecule has 8 nitrogen and oxygen atoms in total. The fraction of sp³-hybridized carbons (Fsp3) is 0.158. The fourth-order valence-corrected chi connectivity index (χ4v) is 3.87. The summed E-state index contributed by atoms with van der Waals surface area (Å²) in [6.07, 6.45) is 1.47. The fourth-order valence-electron chi connectivity index (χ4n) is 3.87. The largest absolute Gasteiger partial charge is 0.399 e. The van der Waals surface area contributed by atoms with Gasteiger partial charge in [-0.2, -0.15) is 10.2 Å². The third kappa shape index (κ3) is 2.36. The molecule has 1 aliphatic heterocycles. The molecule has 1 unspecified atom stereocenters. The van der Waals surface area contributed by atoms with Crippen LogP contribution in [-0.2, 0) is 7.05 Å². The first-order chi connectivity index (χ1) is 13.5. The van der Waals surface area contributed by atoms with E-state index in [1.165, 1.54) is 18.5 Å². The molecule has 0 fully saturated rings. The Balaban J connectivity index is 1.82. The molecule has 5 rings (SSSR count). The monoisotopic (exact) mass is 377 g/mol. The van der Waals surface area contributed by atoms with E-state index in [0.29, 0.717) is 28.3 Å². The van der Waals surface area contributed by atoms with Crippen LogP contribution in [0.4, 0.5) is 15.8 Å². The minimum Gasteiger partial charge on any atom is -0.399 e. The number of halogens is 1. The molecule has 0 saturated carbocycles. The van der Waals surface area contributed by atoms with E-state index in [-0.39, 0.29) is 17.3 Å². The SMILES string of the molecule is Cn1ncnc1[C@H]1c2n[nH]c(=O)c3cc(F)cc(c23)NC1c1ccc(N)cc1. The molecule has 9 heteroatoms. The average Bonchev–Trinajstić information content (AvgIpc) is 3.10. The second kappa shape index (κ2) is 5.88. The van der Waals surface area contributed by atoms with Gasteiger partial charge in [-0.1, -0.05) is 12.1 Å². The van der Waals surface area contributed by atoms with Gasteiger partial charge in [-0.15, -0.1) is 0 Å². The van der Waals surface area contributed by atoms with Crippen LogP contribution in [0.15, 0.2) is 47.5 Å². The smallest absolute Gasteiger partial charge is 0.272 e. The quantitative estimate of drug-likeness (QED) is 0.461. The maximum absolute atomic E-state index is 14.2. The van der Waals surface area contributed by atoms with Crippen molar-refractivity contribution in [3.8, 4) is 0 Å². The highest BCUT2D eigenvalue weighted by Gasteiger charge is 2.37. The van der Waals surface area contributed by atoms with Gasteiger partial charge in [-0.25, -0.2) is 14.5 Å². The van der Waals surface area contributed by atoms with Crippen LogP contribution in [0.2, 0.25) is 0 Å². The second-order valence-corrected chi connectivity index (χ2v) is 6.82. The summed E-state index contributed by atoms with van der Waals surface area (Å²) in [6.45, 7) is 0. The molecule has 1 aliphatic rings. The first kappa shape index (κ1) is 16.4. The standard InChI is InChI=1S/C19H16FN7O/c1-27-18(22-8-23-27)15-16(9-2-4-11(21)5-3-9)24-13-7-10(20)6-12-14(13)17(15)25-26-19(12)28/h2-8,15-16,24H,21H2,1H3,(H,26,28)/t15-,16?/m1/s1. The lowest BCUT2D eigenvalue weighted by molar-refractivity contribution is 0.564. The van der Waals surface area contributed by atoms with E-state index in [4.69, 9.17) is 5.73 Å². The maximum Gasteiger partial charge on any atom is 0.272 e. The molecule has 2 atom stereocenters. The van der Waals surface area contributed by atoms with Crippen molar-refractivity contribution in [3.05, 3.63) is 76.0 Å². The number of aromatic nitrogens is 5. The number of anilines is 2. The highest BCUT2D eigenvalue weighted by molar-refractivity contribution is 5.97. The van der Waals surface area contributed by atoms with Crippen LogP contribution in [0, 0.1) is 5.82 Å². The summed E-state index contributed by atoms with van der Waals surface area (Å²) < 4.78 is 15.9. The van der Waals surface area contributed by atoms with Crippen LogP contribution in [0.25, 0.3) is 10.8 Å². The second-order valence-electron chi connectivity index (χ2n) is 6.82. The minimum absolute atomic E-state index is 0.246. The number of nitrogen functional groups attached to an aromatic ring is 1. The molecule has 4 N–H and O–H groups in total. The number of rotatable bonds is 2. The predicted molar refractivity (Wildman–Crippen MR) is 102 cm³/mol. The molecule has 0 saturated heterocycles. The van der Waals surface area contributed by atoms with Crippen molar-refractivity contribution in [1.82, 2.24) is 25.0 Å². The Morgan fingerprint density at radius 1 is 1.21 bits per heavy atom. The van der Waals surface area contributed by atoms with Crippen LogP contribution in [0.5, 0.6) is 0 Å². The Kier molecular flexibility index (Phi) is 3.45. The van der Waals surface area contributed by atoms with Crippen molar-refractivity contribution in [3.63, 3.8) is 0 Å². The number of aromatic amines is 1. The first-order valence-electron chi connectivity index (χ1n) is 8.70. The third-order valence-corrected chi connectivity index (χ3v) is 5.14. The molecule has 140 valence electrons. The number of nitrogens with zero attached hydrogens (tertiary/aromatic N) is 4. The van der Waals surface area contributed by atoms with Crippen molar-refractivity contribution < 1.29 is 4.39 Å². The van der Waals surface area contributed by atoms with Gasteiger partial charge in [-0.3, -0.25) is 9.48 Å². The lowest BCUT2D eigenvalue weighted by Crippen LogP contribution is -2.30. The van der Waals surface area contributed by atoms with E-state index in [1.807, 2.05) is 24.3 Å². The van der Waals surface area contributed by atoms with Gasteiger partial charge in [-0.05, 0) is 29.8 Å². The van der Waals surface area contributed by atoms with Gasteiger partial charge >= 0.3 is 0 Å². The predicted octanol–water partition coefficient (Wildman–Crippen LogP) is 2.07. The van der Waals surface area contributed by atoms with E-state index in [0.717, 1.165) is 5.56 Å². The van der Waals surface area contributed by atoms with Crippen LogP contribution >= 0.6 is 0 Å². The van der Waals surface area contributed by atoms with Crippen molar-refractivity contribution in [2.24, 2.45) is 7.05 Å². The zero-order valence-electron chi connectivity index (χ0n) is 14.8. The van der Waals surface area contributed by atoms with Crippen LogP contribution < -0.4 is 16.6 Å². The molecule has 3 heterocycles. The number of nitrogens with one attached hydrogen (secondary N) is 2. The summed E-state index contributed by atoms with van der Waals surface area (Å²) in [5.41, 5.74) is 8.10. The summed E-state index contributed by atoms with van der Waals surface area (Å²) in [4.78, 5) is 16.7. The Labute approximate surface area is 158 Å². The van der Waals surface area contributed by atoms with Gasteiger partial charge in [0.25, 0.3) is 5.56 Å². The number of aryl methyl sites for hydroxylation is 1. The van der Waals surface area contributed by atoms with Gasteiger partial charge in [0.15, 0.2) is 0 Å². The summed E-state index contributed by atoms with van der Waals surface area (Å²) in [5, 5.41) is 15.2. The average molecular weight is 377 g/mol. The molecule has 0 amide bonds. The van der Waals surface area contributed by atoms with E-state index < -0.39 is 11.4 Å². The molecule has 4 aromatic rings. The van der Waals surface area contributed by atoms with Gasteiger partial charge < -0.3 is 11.1 Å². The molecule has 2 aromatic heterocycles. The highest BCUT2D eigenvalue weighted by Crippen LogP contribution is 2.45. The van der Waals surface area contributed by atoms with E-state index in [2.05, 4.69) is 25.6 Å². The molecule has 0 bridgehead atoms. The van der Waals surface area contributed by atoms with Crippen LogP contribution in [-0.4, -0.2) is 25.0 Å². The molecule has 0 aliphatic carbocycles. The minimum atomic E-state index is -0.495. The third-order valence-electron chi connectivity index (χ3n) is 5.14. The Morgan fingerprint density at radius 2 is 2.00 bits per heavy atom. The molecule has 0 spiro atoms.